The minimum Gasteiger partial charge on any atom is -0.327 e. The lowest BCUT2D eigenvalue weighted by atomic mass is 10.1. The zero-order valence-corrected chi connectivity index (χ0v) is 11.2. The molecule has 0 aliphatic rings. The molecular weight excluding hydrogens is 242 g/mol. The first-order chi connectivity index (χ1) is 7.50. The van der Waals surface area contributed by atoms with E-state index in [-0.39, 0.29) is 6.04 Å². The lowest BCUT2D eigenvalue weighted by molar-refractivity contribution is 0.530. The molecule has 0 saturated carbocycles. The summed E-state index contributed by atoms with van der Waals surface area (Å²) >= 11 is 6.00. The third-order valence-corrected chi connectivity index (χ3v) is 4.27. The molecule has 0 heterocycles. The second-order valence-corrected chi connectivity index (χ2v) is 6.16. The van der Waals surface area contributed by atoms with Crippen molar-refractivity contribution in [2.45, 2.75) is 25.6 Å². The Hall–Kier alpha value is -0.380. The number of benzene rings is 1. The van der Waals surface area contributed by atoms with Crippen LogP contribution in [0.4, 0.5) is 0 Å². The highest BCUT2D eigenvalue weighted by molar-refractivity contribution is 7.84. The van der Waals surface area contributed by atoms with Gasteiger partial charge in [-0.1, -0.05) is 43.6 Å². The Morgan fingerprint density at radius 1 is 1.38 bits per heavy atom. The van der Waals surface area contributed by atoms with Gasteiger partial charge in [-0.05, 0) is 17.5 Å². The number of nitrogens with two attached hydrogens (primary N) is 1. The first-order valence-electron chi connectivity index (χ1n) is 5.34. The van der Waals surface area contributed by atoms with E-state index in [0.717, 1.165) is 5.56 Å². The molecule has 0 aromatic heterocycles. The van der Waals surface area contributed by atoms with E-state index in [1.54, 1.807) is 0 Å². The van der Waals surface area contributed by atoms with E-state index in [1.165, 1.54) is 0 Å². The second-order valence-electron chi connectivity index (χ2n) is 4.25. The van der Waals surface area contributed by atoms with Crippen LogP contribution in [0.25, 0.3) is 0 Å². The Labute approximate surface area is 105 Å². The smallest absolute Gasteiger partial charge is 0.0501 e. The van der Waals surface area contributed by atoms with Crippen molar-refractivity contribution in [2.24, 2.45) is 11.7 Å². The largest absolute Gasteiger partial charge is 0.327 e. The van der Waals surface area contributed by atoms with Gasteiger partial charge < -0.3 is 5.73 Å². The molecule has 1 aromatic rings. The van der Waals surface area contributed by atoms with Crippen LogP contribution in [0, 0.1) is 5.92 Å². The SMILES string of the molecule is CC(C)C(N)CS(=O)Cc1ccccc1Cl. The van der Waals surface area contributed by atoms with E-state index in [4.69, 9.17) is 17.3 Å². The van der Waals surface area contributed by atoms with Crippen molar-refractivity contribution in [3.8, 4) is 0 Å². The molecule has 1 aromatic carbocycles. The molecule has 2 unspecified atom stereocenters. The lowest BCUT2D eigenvalue weighted by Crippen LogP contribution is -2.32. The lowest BCUT2D eigenvalue weighted by Gasteiger charge is -2.15. The van der Waals surface area contributed by atoms with Crippen molar-refractivity contribution >= 4 is 22.4 Å². The maximum absolute atomic E-state index is 11.9. The normalized spacial score (nSPS) is 15.1. The summed E-state index contributed by atoms with van der Waals surface area (Å²) < 4.78 is 11.9. The first-order valence-corrected chi connectivity index (χ1v) is 7.21. The van der Waals surface area contributed by atoms with E-state index in [2.05, 4.69) is 0 Å². The Morgan fingerprint density at radius 3 is 2.56 bits per heavy atom. The summed E-state index contributed by atoms with van der Waals surface area (Å²) in [5.74, 6) is 1.37. The Morgan fingerprint density at radius 2 is 2.00 bits per heavy atom. The predicted molar refractivity (Wildman–Crippen MR) is 71.0 cm³/mol. The minimum absolute atomic E-state index is 0.0108. The first kappa shape index (κ1) is 13.7. The third kappa shape index (κ3) is 4.24. The van der Waals surface area contributed by atoms with Crippen molar-refractivity contribution in [3.05, 3.63) is 34.9 Å². The summed E-state index contributed by atoms with van der Waals surface area (Å²) in [6, 6.07) is 7.48. The zero-order valence-electron chi connectivity index (χ0n) is 9.65. The summed E-state index contributed by atoms with van der Waals surface area (Å²) in [6.07, 6.45) is 0. The fourth-order valence-electron chi connectivity index (χ4n) is 1.25. The zero-order chi connectivity index (χ0) is 12.1. The van der Waals surface area contributed by atoms with Crippen molar-refractivity contribution in [3.63, 3.8) is 0 Å². The van der Waals surface area contributed by atoms with E-state index < -0.39 is 10.8 Å². The van der Waals surface area contributed by atoms with Crippen molar-refractivity contribution in [2.75, 3.05) is 5.75 Å². The summed E-state index contributed by atoms with van der Waals surface area (Å²) in [7, 11) is -0.941. The molecule has 0 radical (unpaired) electrons. The van der Waals surface area contributed by atoms with Gasteiger partial charge in [0.25, 0.3) is 0 Å². The summed E-state index contributed by atoms with van der Waals surface area (Å²) in [4.78, 5) is 0. The van der Waals surface area contributed by atoms with Crippen molar-refractivity contribution < 1.29 is 4.21 Å². The van der Waals surface area contributed by atoms with Gasteiger partial charge in [-0.15, -0.1) is 0 Å². The fourth-order valence-corrected chi connectivity index (χ4v) is 3.07. The van der Waals surface area contributed by atoms with Gasteiger partial charge in [0.15, 0.2) is 0 Å². The highest BCUT2D eigenvalue weighted by Crippen LogP contribution is 2.17. The molecule has 4 heteroatoms. The monoisotopic (exact) mass is 259 g/mol. The minimum atomic E-state index is -0.941. The molecule has 0 amide bonds. The number of hydrogen-bond acceptors (Lipinski definition) is 2. The van der Waals surface area contributed by atoms with Crippen LogP contribution in [-0.2, 0) is 16.6 Å². The van der Waals surface area contributed by atoms with Crippen LogP contribution in [0.2, 0.25) is 5.02 Å². The molecule has 0 aliphatic carbocycles. The van der Waals surface area contributed by atoms with Crippen LogP contribution in [-0.4, -0.2) is 16.0 Å². The number of halogens is 1. The van der Waals surface area contributed by atoms with E-state index >= 15 is 0 Å². The van der Waals surface area contributed by atoms with Gasteiger partial charge in [-0.25, -0.2) is 0 Å². The van der Waals surface area contributed by atoms with Crippen LogP contribution in [0.1, 0.15) is 19.4 Å². The highest BCUT2D eigenvalue weighted by Gasteiger charge is 2.13. The van der Waals surface area contributed by atoms with Crippen LogP contribution in [0.15, 0.2) is 24.3 Å². The summed E-state index contributed by atoms with van der Waals surface area (Å²) in [6.45, 7) is 4.08. The van der Waals surface area contributed by atoms with Crippen molar-refractivity contribution in [1.82, 2.24) is 0 Å². The van der Waals surface area contributed by atoms with Gasteiger partial charge in [0.1, 0.15) is 0 Å². The fraction of sp³-hybridized carbons (Fsp3) is 0.500. The summed E-state index contributed by atoms with van der Waals surface area (Å²) in [5, 5.41) is 0.675. The Kier molecular flexibility index (Phi) is 5.46. The molecule has 16 heavy (non-hydrogen) atoms. The van der Waals surface area contributed by atoms with Crippen LogP contribution < -0.4 is 5.73 Å². The quantitative estimate of drug-likeness (QED) is 0.883. The Balaban J connectivity index is 2.55. The standard InChI is InChI=1S/C12H18ClNOS/c1-9(2)12(14)8-16(15)7-10-5-3-4-6-11(10)13/h3-6,9,12H,7-8,14H2,1-2H3. The predicted octanol–water partition coefficient (Wildman–Crippen LogP) is 2.57. The molecule has 90 valence electrons. The maximum Gasteiger partial charge on any atom is 0.0501 e. The molecule has 0 aliphatic heterocycles. The van der Waals surface area contributed by atoms with Gasteiger partial charge in [0.05, 0.1) is 5.75 Å². The number of rotatable bonds is 5. The van der Waals surface area contributed by atoms with E-state index in [0.29, 0.717) is 22.4 Å². The van der Waals surface area contributed by atoms with E-state index in [9.17, 15) is 4.21 Å². The van der Waals surface area contributed by atoms with Gasteiger partial charge in [-0.2, -0.15) is 0 Å². The average Bonchev–Trinajstić information content (AvgIpc) is 2.21. The third-order valence-electron chi connectivity index (χ3n) is 2.51. The van der Waals surface area contributed by atoms with Crippen molar-refractivity contribution in [1.29, 1.82) is 0 Å². The topological polar surface area (TPSA) is 43.1 Å². The number of hydrogen-bond donors (Lipinski definition) is 1. The van der Waals surface area contributed by atoms with Crippen LogP contribution in [0.3, 0.4) is 0 Å². The van der Waals surface area contributed by atoms with Gasteiger partial charge in [0.2, 0.25) is 0 Å². The second kappa shape index (κ2) is 6.38. The molecule has 2 N–H and O–H groups in total. The molecule has 2 atom stereocenters. The van der Waals surface area contributed by atoms with Gasteiger partial charge >= 0.3 is 0 Å². The molecule has 2 nitrogen and oxygen atoms in total. The molecular formula is C12H18ClNOS. The molecule has 1 rings (SSSR count). The van der Waals surface area contributed by atoms with Gasteiger partial charge in [-0.3, -0.25) is 4.21 Å². The molecule has 0 saturated heterocycles. The molecule has 0 bridgehead atoms. The van der Waals surface area contributed by atoms with Gasteiger partial charge in [0, 0.05) is 27.6 Å². The molecule has 0 fully saturated rings. The Bertz CT molecular complexity index is 368. The highest BCUT2D eigenvalue weighted by atomic mass is 35.5. The molecule has 0 spiro atoms. The average molecular weight is 260 g/mol. The summed E-state index contributed by atoms with van der Waals surface area (Å²) in [5.41, 5.74) is 6.81. The maximum atomic E-state index is 11.9. The van der Waals surface area contributed by atoms with Crippen LogP contribution >= 0.6 is 11.6 Å². The van der Waals surface area contributed by atoms with Crippen LogP contribution in [0.5, 0.6) is 0 Å². The van der Waals surface area contributed by atoms with E-state index in [1.807, 2.05) is 38.1 Å².